The van der Waals surface area contributed by atoms with Gasteiger partial charge in [-0.15, -0.1) is 0 Å². The quantitative estimate of drug-likeness (QED) is 0.778. The maximum atomic E-state index is 11.9. The molecule has 0 bridgehead atoms. The number of hydrogen-bond acceptors (Lipinski definition) is 3. The average molecular weight is 375 g/mol. The summed E-state index contributed by atoms with van der Waals surface area (Å²) in [5.41, 5.74) is 1.35. The molecular formula is C22H29ClNO2-. The third-order valence-corrected chi connectivity index (χ3v) is 5.23. The van der Waals surface area contributed by atoms with Gasteiger partial charge in [-0.1, -0.05) is 74.0 Å². The lowest BCUT2D eigenvalue weighted by Gasteiger charge is -2.41. The van der Waals surface area contributed by atoms with Crippen LogP contribution in [0.1, 0.15) is 36.8 Å². The molecule has 0 radical (unpaired) electrons. The van der Waals surface area contributed by atoms with Gasteiger partial charge >= 0.3 is 0 Å². The van der Waals surface area contributed by atoms with Crippen molar-refractivity contribution < 1.29 is 22.3 Å². The van der Waals surface area contributed by atoms with Crippen LogP contribution in [0.2, 0.25) is 0 Å². The number of ether oxygens (including phenoxy) is 1. The highest BCUT2D eigenvalue weighted by Crippen LogP contribution is 2.41. The minimum atomic E-state index is -0.865. The Bertz CT molecular complexity index is 631. The van der Waals surface area contributed by atoms with Crippen LogP contribution in [0.5, 0.6) is 0 Å². The van der Waals surface area contributed by atoms with Crippen LogP contribution >= 0.6 is 0 Å². The zero-order chi connectivity index (χ0) is 17.5. The average Bonchev–Trinajstić information content (AvgIpc) is 2.68. The van der Waals surface area contributed by atoms with E-state index in [1.807, 2.05) is 24.3 Å². The van der Waals surface area contributed by atoms with E-state index in [0.29, 0.717) is 0 Å². The van der Waals surface area contributed by atoms with Crippen molar-refractivity contribution >= 4 is 0 Å². The summed E-state index contributed by atoms with van der Waals surface area (Å²) in [4.78, 5) is 2.42. The molecule has 142 valence electrons. The van der Waals surface area contributed by atoms with E-state index in [0.717, 1.165) is 51.3 Å². The van der Waals surface area contributed by atoms with E-state index in [1.54, 1.807) is 0 Å². The Morgan fingerprint density at radius 1 is 1.00 bits per heavy atom. The van der Waals surface area contributed by atoms with E-state index in [9.17, 15) is 5.11 Å². The molecule has 2 aromatic rings. The van der Waals surface area contributed by atoms with Crippen LogP contribution in [-0.4, -0.2) is 42.9 Å². The van der Waals surface area contributed by atoms with Gasteiger partial charge in [-0.25, -0.2) is 0 Å². The predicted molar refractivity (Wildman–Crippen MR) is 102 cm³/mol. The van der Waals surface area contributed by atoms with E-state index >= 15 is 0 Å². The van der Waals surface area contributed by atoms with Gasteiger partial charge in [0.2, 0.25) is 0 Å². The summed E-state index contributed by atoms with van der Waals surface area (Å²) in [6.45, 7) is 6.40. The van der Waals surface area contributed by atoms with Crippen LogP contribution in [0, 0.1) is 0 Å². The van der Waals surface area contributed by atoms with Gasteiger partial charge in [-0.2, -0.15) is 0 Å². The van der Waals surface area contributed by atoms with Crippen molar-refractivity contribution in [3.05, 3.63) is 71.8 Å². The van der Waals surface area contributed by atoms with Crippen LogP contribution in [0.15, 0.2) is 60.7 Å². The summed E-state index contributed by atoms with van der Waals surface area (Å²) >= 11 is 0. The molecule has 26 heavy (non-hydrogen) atoms. The van der Waals surface area contributed by atoms with Gasteiger partial charge in [0.15, 0.2) is 0 Å². The Hall–Kier alpha value is -1.39. The molecule has 3 rings (SSSR count). The smallest absolute Gasteiger partial charge is 0.0976 e. The van der Waals surface area contributed by atoms with Crippen LogP contribution in [0.3, 0.4) is 0 Å². The van der Waals surface area contributed by atoms with Crippen molar-refractivity contribution in [2.24, 2.45) is 0 Å². The molecule has 0 aliphatic carbocycles. The number of benzene rings is 2. The SMILES string of the molecule is CCCC(O)(c1ccccc1)C(CN1CCOCC1)c1ccccc1.[Cl-]. The first-order valence-electron chi connectivity index (χ1n) is 9.37. The lowest BCUT2D eigenvalue weighted by molar-refractivity contribution is -0.0285. The Balaban J connectivity index is 0.00000243. The van der Waals surface area contributed by atoms with Crippen molar-refractivity contribution in [1.82, 2.24) is 4.90 Å². The number of halogens is 1. The number of rotatable bonds is 7. The monoisotopic (exact) mass is 374 g/mol. The molecule has 2 aromatic carbocycles. The fourth-order valence-corrected chi connectivity index (χ4v) is 3.89. The topological polar surface area (TPSA) is 32.7 Å². The molecule has 4 heteroatoms. The second-order valence-corrected chi connectivity index (χ2v) is 6.92. The van der Waals surface area contributed by atoms with Crippen LogP contribution < -0.4 is 12.4 Å². The van der Waals surface area contributed by atoms with Gasteiger partial charge in [0, 0.05) is 25.6 Å². The Kier molecular flexibility index (Phi) is 8.11. The number of hydrogen-bond donors (Lipinski definition) is 1. The van der Waals surface area contributed by atoms with E-state index in [1.165, 1.54) is 5.56 Å². The highest BCUT2D eigenvalue weighted by atomic mass is 35.5. The van der Waals surface area contributed by atoms with Crippen LogP contribution in [-0.2, 0) is 10.3 Å². The summed E-state index contributed by atoms with van der Waals surface area (Å²) in [5.74, 6) is 0.0362. The lowest BCUT2D eigenvalue weighted by Crippen LogP contribution is -3.00. The molecule has 1 N–H and O–H groups in total. The van der Waals surface area contributed by atoms with Gasteiger partial charge in [-0.05, 0) is 17.5 Å². The fourth-order valence-electron chi connectivity index (χ4n) is 3.89. The number of aliphatic hydroxyl groups is 1. The second kappa shape index (κ2) is 10.1. The molecule has 0 saturated carbocycles. The molecule has 3 nitrogen and oxygen atoms in total. The van der Waals surface area contributed by atoms with Gasteiger partial charge in [0.1, 0.15) is 0 Å². The number of morpholine rings is 1. The first-order valence-corrected chi connectivity index (χ1v) is 9.37. The fraction of sp³-hybridized carbons (Fsp3) is 0.455. The Labute approximate surface area is 163 Å². The molecule has 0 amide bonds. The molecule has 1 aliphatic rings. The number of nitrogens with zero attached hydrogens (tertiary/aromatic N) is 1. The van der Waals surface area contributed by atoms with Crippen molar-refractivity contribution in [2.45, 2.75) is 31.3 Å². The van der Waals surface area contributed by atoms with E-state index in [-0.39, 0.29) is 18.3 Å². The molecule has 1 saturated heterocycles. The molecular weight excluding hydrogens is 346 g/mol. The zero-order valence-electron chi connectivity index (χ0n) is 15.5. The second-order valence-electron chi connectivity index (χ2n) is 6.92. The van der Waals surface area contributed by atoms with Gasteiger partial charge in [0.25, 0.3) is 0 Å². The maximum Gasteiger partial charge on any atom is 0.0976 e. The summed E-state index contributed by atoms with van der Waals surface area (Å²) < 4.78 is 5.50. The minimum absolute atomic E-state index is 0. The molecule has 1 aliphatic heterocycles. The molecule has 1 heterocycles. The maximum absolute atomic E-state index is 11.9. The molecule has 2 unspecified atom stereocenters. The largest absolute Gasteiger partial charge is 1.00 e. The first kappa shape index (κ1) is 20.9. The zero-order valence-corrected chi connectivity index (χ0v) is 16.2. The summed E-state index contributed by atoms with van der Waals surface area (Å²) in [6, 6.07) is 20.6. The highest BCUT2D eigenvalue weighted by molar-refractivity contribution is 5.31. The molecule has 0 spiro atoms. The van der Waals surface area contributed by atoms with E-state index in [4.69, 9.17) is 4.74 Å². The summed E-state index contributed by atoms with van der Waals surface area (Å²) in [6.07, 6.45) is 1.69. The summed E-state index contributed by atoms with van der Waals surface area (Å²) in [7, 11) is 0. The van der Waals surface area contributed by atoms with Gasteiger partial charge < -0.3 is 22.3 Å². The van der Waals surface area contributed by atoms with Crippen LogP contribution in [0.4, 0.5) is 0 Å². The van der Waals surface area contributed by atoms with Crippen molar-refractivity contribution in [3.8, 4) is 0 Å². The Morgan fingerprint density at radius 3 is 2.15 bits per heavy atom. The highest BCUT2D eigenvalue weighted by Gasteiger charge is 2.39. The third-order valence-electron chi connectivity index (χ3n) is 5.23. The van der Waals surface area contributed by atoms with Crippen molar-refractivity contribution in [3.63, 3.8) is 0 Å². The van der Waals surface area contributed by atoms with E-state index in [2.05, 4.69) is 48.2 Å². The first-order chi connectivity index (χ1) is 12.2. The van der Waals surface area contributed by atoms with Crippen molar-refractivity contribution in [2.75, 3.05) is 32.8 Å². The normalized spacial score (nSPS) is 18.5. The summed E-state index contributed by atoms with van der Waals surface area (Å²) in [5, 5.41) is 11.9. The van der Waals surface area contributed by atoms with Gasteiger partial charge in [-0.3, -0.25) is 4.90 Å². The standard InChI is InChI=1S/C22H29NO2.ClH/c1-2-13-22(24,20-11-7-4-8-12-20)21(19-9-5-3-6-10-19)18-23-14-16-25-17-15-23;/h3-12,21,24H,2,13-18H2,1H3;1H/p-1. The lowest BCUT2D eigenvalue weighted by atomic mass is 9.74. The van der Waals surface area contributed by atoms with Crippen LogP contribution in [0.25, 0.3) is 0 Å². The van der Waals surface area contributed by atoms with E-state index < -0.39 is 5.60 Å². The molecule has 0 aromatic heterocycles. The molecule has 1 fully saturated rings. The Morgan fingerprint density at radius 2 is 1.58 bits per heavy atom. The van der Waals surface area contributed by atoms with Crippen molar-refractivity contribution in [1.29, 1.82) is 0 Å². The van der Waals surface area contributed by atoms with Gasteiger partial charge in [0.05, 0.1) is 18.8 Å². The minimum Gasteiger partial charge on any atom is -1.00 e. The predicted octanol–water partition coefficient (Wildman–Crippen LogP) is 0.794. The molecule has 2 atom stereocenters. The third kappa shape index (κ3) is 4.86.